The van der Waals surface area contributed by atoms with Crippen LogP contribution in [-0.4, -0.2) is 49.3 Å². The summed E-state index contributed by atoms with van der Waals surface area (Å²) in [5.41, 5.74) is 6.68. The van der Waals surface area contributed by atoms with E-state index in [1.807, 2.05) is 32.6 Å². The first kappa shape index (κ1) is 23.4. The molecule has 1 aliphatic rings. The van der Waals surface area contributed by atoms with E-state index in [-0.39, 0.29) is 30.4 Å². The number of hydrogen-bond acceptors (Lipinski definition) is 5. The van der Waals surface area contributed by atoms with E-state index in [2.05, 4.69) is 0 Å². The highest BCUT2D eigenvalue weighted by atomic mass is 35.5. The molecule has 1 aromatic carbocycles. The van der Waals surface area contributed by atoms with E-state index >= 15 is 0 Å². The summed E-state index contributed by atoms with van der Waals surface area (Å²) >= 11 is 0. The molecule has 1 saturated heterocycles. The summed E-state index contributed by atoms with van der Waals surface area (Å²) in [7, 11) is 0. The molecule has 7 heteroatoms. The first-order valence-corrected chi connectivity index (χ1v) is 9.66. The highest BCUT2D eigenvalue weighted by Gasteiger charge is 2.31. The molecule has 1 aromatic rings. The minimum atomic E-state index is -0.0559. The molecule has 0 bridgehead atoms. The van der Waals surface area contributed by atoms with Crippen molar-refractivity contribution in [2.45, 2.75) is 59.0 Å². The fourth-order valence-electron chi connectivity index (χ4n) is 3.43. The van der Waals surface area contributed by atoms with Crippen LogP contribution in [0.25, 0.3) is 0 Å². The number of piperidine rings is 1. The summed E-state index contributed by atoms with van der Waals surface area (Å²) in [5, 5.41) is 0. The van der Waals surface area contributed by atoms with Gasteiger partial charge in [-0.2, -0.15) is 0 Å². The average molecular weight is 401 g/mol. The van der Waals surface area contributed by atoms with Gasteiger partial charge in [-0.05, 0) is 59.1 Å². The fourth-order valence-corrected chi connectivity index (χ4v) is 3.43. The van der Waals surface area contributed by atoms with Crippen LogP contribution in [0, 0.1) is 0 Å². The lowest BCUT2D eigenvalue weighted by molar-refractivity contribution is 0.0582. The maximum Gasteiger partial charge on any atom is 0.254 e. The molecule has 2 N–H and O–H groups in total. The summed E-state index contributed by atoms with van der Waals surface area (Å²) in [4.78, 5) is 15.1. The highest BCUT2D eigenvalue weighted by Crippen LogP contribution is 2.39. The Morgan fingerprint density at radius 2 is 1.67 bits per heavy atom. The second-order valence-electron chi connectivity index (χ2n) is 6.52. The third-order valence-corrected chi connectivity index (χ3v) is 4.57. The van der Waals surface area contributed by atoms with E-state index in [0.717, 1.165) is 25.8 Å². The number of nitrogens with zero attached hydrogens (tertiary/aromatic N) is 1. The van der Waals surface area contributed by atoms with Gasteiger partial charge in [0, 0.05) is 24.2 Å². The monoisotopic (exact) mass is 400 g/mol. The van der Waals surface area contributed by atoms with Crippen LogP contribution in [-0.2, 0) is 0 Å². The van der Waals surface area contributed by atoms with Gasteiger partial charge < -0.3 is 24.8 Å². The quantitative estimate of drug-likeness (QED) is 0.720. The zero-order valence-corrected chi connectivity index (χ0v) is 17.6. The number of carbonyl (C=O) groups excluding carboxylic acids is 1. The predicted octanol–water partition coefficient (Wildman–Crippen LogP) is 3.65. The van der Waals surface area contributed by atoms with Crippen LogP contribution >= 0.6 is 12.4 Å². The maximum absolute atomic E-state index is 13.2. The lowest BCUT2D eigenvalue weighted by Crippen LogP contribution is -2.51. The lowest BCUT2D eigenvalue weighted by Gasteiger charge is -2.38. The van der Waals surface area contributed by atoms with Gasteiger partial charge in [-0.15, -0.1) is 12.4 Å². The third kappa shape index (κ3) is 5.66. The molecule has 1 fully saturated rings. The van der Waals surface area contributed by atoms with Crippen LogP contribution < -0.4 is 19.9 Å². The molecular weight excluding hydrogens is 368 g/mol. The largest absolute Gasteiger partial charge is 0.490 e. The van der Waals surface area contributed by atoms with E-state index in [4.69, 9.17) is 19.9 Å². The fraction of sp³-hybridized carbons (Fsp3) is 0.650. The maximum atomic E-state index is 13.2. The Morgan fingerprint density at radius 1 is 1.11 bits per heavy atom. The van der Waals surface area contributed by atoms with Crippen molar-refractivity contribution >= 4 is 18.3 Å². The molecule has 1 aliphatic heterocycles. The molecule has 1 amide bonds. The topological polar surface area (TPSA) is 74.0 Å². The van der Waals surface area contributed by atoms with E-state index in [1.165, 1.54) is 0 Å². The summed E-state index contributed by atoms with van der Waals surface area (Å²) < 4.78 is 17.2. The second kappa shape index (κ2) is 11.2. The number of halogens is 1. The SMILES string of the molecule is CCOc1cc(C(=O)N2CCCCC2C(C)N)cc(OCC)c1OCC.Cl. The minimum Gasteiger partial charge on any atom is -0.490 e. The molecule has 0 spiro atoms. The van der Waals surface area contributed by atoms with Crippen LogP contribution in [0.2, 0.25) is 0 Å². The van der Waals surface area contributed by atoms with Crippen molar-refractivity contribution in [1.82, 2.24) is 4.90 Å². The molecule has 154 valence electrons. The van der Waals surface area contributed by atoms with Gasteiger partial charge in [0.1, 0.15) is 0 Å². The lowest BCUT2D eigenvalue weighted by atomic mass is 9.96. The Bertz CT molecular complexity index is 583. The van der Waals surface area contributed by atoms with Gasteiger partial charge >= 0.3 is 0 Å². The zero-order valence-electron chi connectivity index (χ0n) is 16.8. The van der Waals surface area contributed by atoms with Crippen molar-refractivity contribution in [3.63, 3.8) is 0 Å². The summed E-state index contributed by atoms with van der Waals surface area (Å²) in [6, 6.07) is 3.52. The van der Waals surface area contributed by atoms with Gasteiger partial charge in [0.05, 0.1) is 19.8 Å². The summed E-state index contributed by atoms with van der Waals surface area (Å²) in [5.74, 6) is 1.60. The van der Waals surface area contributed by atoms with Gasteiger partial charge in [0.2, 0.25) is 5.75 Å². The molecular formula is C20H33ClN2O4. The van der Waals surface area contributed by atoms with Crippen LogP contribution in [0.1, 0.15) is 57.3 Å². The van der Waals surface area contributed by atoms with Gasteiger partial charge in [0.25, 0.3) is 5.91 Å². The third-order valence-electron chi connectivity index (χ3n) is 4.57. The molecule has 2 atom stereocenters. The van der Waals surface area contributed by atoms with Gasteiger partial charge in [0.15, 0.2) is 11.5 Å². The Balaban J connectivity index is 0.00000364. The Labute approximate surface area is 168 Å². The van der Waals surface area contributed by atoms with E-state index in [9.17, 15) is 4.79 Å². The summed E-state index contributed by atoms with van der Waals surface area (Å²) in [6.45, 7) is 9.86. The van der Waals surface area contributed by atoms with Gasteiger partial charge in [-0.25, -0.2) is 0 Å². The molecule has 2 unspecified atom stereocenters. The number of benzene rings is 1. The van der Waals surface area contributed by atoms with Crippen molar-refractivity contribution in [1.29, 1.82) is 0 Å². The molecule has 1 heterocycles. The first-order valence-electron chi connectivity index (χ1n) is 9.66. The normalized spacial score (nSPS) is 17.7. The number of ether oxygens (including phenoxy) is 3. The molecule has 0 aliphatic carbocycles. The number of likely N-dealkylation sites (tertiary alicyclic amines) is 1. The molecule has 0 aromatic heterocycles. The van der Waals surface area contributed by atoms with Crippen LogP contribution in [0.3, 0.4) is 0 Å². The van der Waals surface area contributed by atoms with Crippen molar-refractivity contribution in [3.05, 3.63) is 17.7 Å². The Kier molecular flexibility index (Phi) is 9.74. The number of nitrogens with two attached hydrogens (primary N) is 1. The van der Waals surface area contributed by atoms with E-state index in [1.54, 1.807) is 12.1 Å². The van der Waals surface area contributed by atoms with Crippen molar-refractivity contribution in [2.75, 3.05) is 26.4 Å². The highest BCUT2D eigenvalue weighted by molar-refractivity contribution is 5.96. The van der Waals surface area contributed by atoms with Crippen LogP contribution in [0.4, 0.5) is 0 Å². The van der Waals surface area contributed by atoms with Crippen LogP contribution in [0.15, 0.2) is 12.1 Å². The Hall–Kier alpha value is -1.66. The van der Waals surface area contributed by atoms with Crippen molar-refractivity contribution < 1.29 is 19.0 Å². The minimum absolute atomic E-state index is 0. The van der Waals surface area contributed by atoms with Crippen molar-refractivity contribution in [3.8, 4) is 17.2 Å². The standard InChI is InChI=1S/C20H32N2O4.ClH/c1-5-24-17-12-15(13-18(25-6-2)19(17)26-7-3)20(23)22-11-9-8-10-16(22)14(4)21;/h12-14,16H,5-11,21H2,1-4H3;1H. The molecule has 0 radical (unpaired) electrons. The number of hydrogen-bond donors (Lipinski definition) is 1. The number of rotatable bonds is 8. The molecule has 2 rings (SSSR count). The van der Waals surface area contributed by atoms with Gasteiger partial charge in [-0.1, -0.05) is 0 Å². The van der Waals surface area contributed by atoms with Gasteiger partial charge in [-0.3, -0.25) is 4.79 Å². The first-order chi connectivity index (χ1) is 12.5. The van der Waals surface area contributed by atoms with Crippen molar-refractivity contribution in [2.24, 2.45) is 5.73 Å². The second-order valence-corrected chi connectivity index (χ2v) is 6.52. The number of amides is 1. The smallest absolute Gasteiger partial charge is 0.254 e. The Morgan fingerprint density at radius 3 is 2.15 bits per heavy atom. The number of carbonyl (C=O) groups is 1. The van der Waals surface area contributed by atoms with E-state index in [0.29, 0.717) is 42.6 Å². The summed E-state index contributed by atoms with van der Waals surface area (Å²) in [6.07, 6.45) is 3.05. The molecule has 6 nitrogen and oxygen atoms in total. The van der Waals surface area contributed by atoms with Crippen LogP contribution in [0.5, 0.6) is 17.2 Å². The zero-order chi connectivity index (χ0) is 19.1. The molecule has 27 heavy (non-hydrogen) atoms. The van der Waals surface area contributed by atoms with E-state index < -0.39 is 0 Å². The predicted molar refractivity (Wildman–Crippen MR) is 110 cm³/mol. The average Bonchev–Trinajstić information content (AvgIpc) is 2.64. The molecule has 0 saturated carbocycles.